The van der Waals surface area contributed by atoms with Gasteiger partial charge in [-0.1, -0.05) is 29.4 Å². The van der Waals surface area contributed by atoms with Crippen LogP contribution < -0.4 is 0 Å². The minimum absolute atomic E-state index is 0.194. The first-order valence-electron chi connectivity index (χ1n) is 5.89. The molecule has 22 heavy (non-hydrogen) atoms. The highest BCUT2D eigenvalue weighted by atomic mass is 32.1. The molecule has 0 aliphatic carbocycles. The zero-order chi connectivity index (χ0) is 15.7. The normalized spacial score (nSPS) is 11.6. The van der Waals surface area contributed by atoms with E-state index < -0.39 is 12.1 Å². The molecule has 0 aliphatic heterocycles. The van der Waals surface area contributed by atoms with Gasteiger partial charge < -0.3 is 4.52 Å². The van der Waals surface area contributed by atoms with E-state index in [2.05, 4.69) is 19.6 Å². The van der Waals surface area contributed by atoms with E-state index in [1.54, 1.807) is 10.9 Å². The van der Waals surface area contributed by atoms with Gasteiger partial charge in [0.15, 0.2) is 0 Å². The van der Waals surface area contributed by atoms with Crippen LogP contribution in [0.2, 0.25) is 0 Å². The third-order valence-corrected chi connectivity index (χ3v) is 3.33. The topological polar surface area (TPSA) is 68.9 Å². The van der Waals surface area contributed by atoms with Crippen LogP contribution in [0, 0.1) is 0 Å². The summed E-state index contributed by atoms with van der Waals surface area (Å²) in [5, 5.41) is 4.89. The van der Waals surface area contributed by atoms with Crippen molar-refractivity contribution in [1.82, 2.24) is 15.1 Å². The molecule has 0 N–H and O–H groups in total. The number of aromatic nitrogens is 3. The van der Waals surface area contributed by atoms with Gasteiger partial charge in [-0.15, -0.1) is 11.3 Å². The van der Waals surface area contributed by atoms with Crippen LogP contribution in [0.4, 0.5) is 13.2 Å². The van der Waals surface area contributed by atoms with E-state index in [-0.39, 0.29) is 11.6 Å². The Morgan fingerprint density at radius 1 is 1.18 bits per heavy atom. The van der Waals surface area contributed by atoms with Crippen LogP contribution in [0.15, 0.2) is 39.7 Å². The molecule has 0 aliphatic rings. The second-order valence-corrected chi connectivity index (χ2v) is 4.92. The van der Waals surface area contributed by atoms with Crippen molar-refractivity contribution in [2.75, 3.05) is 0 Å². The lowest BCUT2D eigenvalue weighted by molar-refractivity contribution is -0.159. The van der Waals surface area contributed by atoms with Crippen molar-refractivity contribution < 1.29 is 22.5 Å². The van der Waals surface area contributed by atoms with Crippen molar-refractivity contribution in [2.24, 2.45) is 0 Å². The summed E-state index contributed by atoms with van der Waals surface area (Å²) in [6.07, 6.45) is -4.69. The molecule has 3 aromatic rings. The number of rotatable bonds is 3. The molecule has 1 aromatic carbocycles. The van der Waals surface area contributed by atoms with Gasteiger partial charge in [-0.05, 0) is 0 Å². The number of thiazole rings is 1. The molecule has 2 aromatic heterocycles. The summed E-state index contributed by atoms with van der Waals surface area (Å²) < 4.78 is 41.3. The van der Waals surface area contributed by atoms with E-state index in [1.165, 1.54) is 35.6 Å². The van der Waals surface area contributed by atoms with Gasteiger partial charge >= 0.3 is 12.1 Å². The summed E-state index contributed by atoms with van der Waals surface area (Å²) in [4.78, 5) is 19.2. The standard InChI is InChI=1S/C13H6F3N3O2S/c14-13(15,16)12-18-11(19-21-12)8-3-1-7(2-4-8)10(20)9-5-22-6-17-9/h1-6H. The number of hydrogen-bond donors (Lipinski definition) is 0. The van der Waals surface area contributed by atoms with Gasteiger partial charge in [-0.25, -0.2) is 4.98 Å². The monoisotopic (exact) mass is 325 g/mol. The SMILES string of the molecule is O=C(c1ccc(-c2noc(C(F)(F)F)n2)cc1)c1cscn1. The molecule has 0 fully saturated rings. The van der Waals surface area contributed by atoms with E-state index in [4.69, 9.17) is 0 Å². The highest BCUT2D eigenvalue weighted by Crippen LogP contribution is 2.29. The molecule has 5 nitrogen and oxygen atoms in total. The fourth-order valence-electron chi connectivity index (χ4n) is 1.70. The smallest absolute Gasteiger partial charge is 0.329 e. The molecule has 112 valence electrons. The number of benzene rings is 1. The lowest BCUT2D eigenvalue weighted by atomic mass is 10.1. The molecule has 3 rings (SSSR count). The molecular formula is C13H6F3N3O2S. The van der Waals surface area contributed by atoms with Gasteiger partial charge in [-0.3, -0.25) is 4.79 Å². The third kappa shape index (κ3) is 2.75. The Kier molecular flexibility index (Phi) is 3.49. The van der Waals surface area contributed by atoms with Gasteiger partial charge in [0.25, 0.3) is 0 Å². The molecule has 2 heterocycles. The first-order valence-corrected chi connectivity index (χ1v) is 6.83. The Morgan fingerprint density at radius 2 is 1.91 bits per heavy atom. The predicted octanol–water partition coefficient (Wildman–Crippen LogP) is 3.44. The Hall–Kier alpha value is -2.55. The van der Waals surface area contributed by atoms with Gasteiger partial charge in [0.1, 0.15) is 5.69 Å². The maximum atomic E-state index is 12.4. The molecule has 0 saturated carbocycles. The molecule has 0 spiro atoms. The van der Waals surface area contributed by atoms with Crippen LogP contribution in [-0.2, 0) is 6.18 Å². The lowest BCUT2D eigenvalue weighted by Crippen LogP contribution is -2.04. The summed E-state index contributed by atoms with van der Waals surface area (Å²) in [6, 6.07) is 5.84. The van der Waals surface area contributed by atoms with Crippen LogP contribution in [0.25, 0.3) is 11.4 Å². The average molecular weight is 325 g/mol. The number of halogens is 3. The summed E-state index contributed by atoms with van der Waals surface area (Å²) in [5.74, 6) is -1.87. The van der Waals surface area contributed by atoms with Crippen LogP contribution in [0.5, 0.6) is 0 Å². The predicted molar refractivity (Wildman–Crippen MR) is 70.3 cm³/mol. The summed E-state index contributed by atoms with van der Waals surface area (Å²) in [6.45, 7) is 0. The highest BCUT2D eigenvalue weighted by Gasteiger charge is 2.38. The Morgan fingerprint density at radius 3 is 2.45 bits per heavy atom. The summed E-state index contributed by atoms with van der Waals surface area (Å²) in [7, 11) is 0. The van der Waals surface area contributed by atoms with E-state index in [9.17, 15) is 18.0 Å². The number of carbonyl (C=O) groups is 1. The van der Waals surface area contributed by atoms with E-state index in [0.717, 1.165) is 0 Å². The quantitative estimate of drug-likeness (QED) is 0.690. The van der Waals surface area contributed by atoms with E-state index in [1.807, 2.05) is 0 Å². The first-order chi connectivity index (χ1) is 10.4. The zero-order valence-corrected chi connectivity index (χ0v) is 11.5. The third-order valence-electron chi connectivity index (χ3n) is 2.74. The number of alkyl halides is 3. The maximum absolute atomic E-state index is 12.4. The van der Waals surface area contributed by atoms with Gasteiger partial charge in [0.05, 0.1) is 5.51 Å². The van der Waals surface area contributed by atoms with Crippen LogP contribution in [0.3, 0.4) is 0 Å². The van der Waals surface area contributed by atoms with Crippen molar-refractivity contribution >= 4 is 17.1 Å². The number of carbonyl (C=O) groups excluding carboxylic acids is 1. The number of nitrogens with zero attached hydrogens (tertiary/aromatic N) is 3. The second kappa shape index (κ2) is 5.34. The molecule has 0 amide bonds. The number of ketones is 1. The molecule has 0 radical (unpaired) electrons. The van der Waals surface area contributed by atoms with Gasteiger partial charge in [0, 0.05) is 16.5 Å². The maximum Gasteiger partial charge on any atom is 0.471 e. The minimum Gasteiger partial charge on any atom is -0.329 e. The fraction of sp³-hybridized carbons (Fsp3) is 0.0769. The first kappa shape index (κ1) is 14.4. The largest absolute Gasteiger partial charge is 0.471 e. The number of hydrogen-bond acceptors (Lipinski definition) is 6. The molecule has 9 heteroatoms. The van der Waals surface area contributed by atoms with Crippen LogP contribution in [0.1, 0.15) is 21.9 Å². The Balaban J connectivity index is 1.85. The van der Waals surface area contributed by atoms with Crippen LogP contribution >= 0.6 is 11.3 Å². The Bertz CT molecular complexity index is 795. The molecule has 0 saturated heterocycles. The molecule has 0 atom stereocenters. The van der Waals surface area contributed by atoms with Gasteiger partial charge in [0.2, 0.25) is 11.6 Å². The Labute approximate surface area is 125 Å². The molecule has 0 bridgehead atoms. The van der Waals surface area contributed by atoms with Crippen LogP contribution in [-0.4, -0.2) is 20.9 Å². The molecule has 0 unspecified atom stereocenters. The second-order valence-electron chi connectivity index (χ2n) is 4.20. The van der Waals surface area contributed by atoms with Gasteiger partial charge in [-0.2, -0.15) is 18.2 Å². The highest BCUT2D eigenvalue weighted by molar-refractivity contribution is 7.07. The summed E-state index contributed by atoms with van der Waals surface area (Å²) in [5.41, 5.74) is 2.54. The van der Waals surface area contributed by atoms with Crippen molar-refractivity contribution in [1.29, 1.82) is 0 Å². The average Bonchev–Trinajstić information content (AvgIpc) is 3.17. The van der Waals surface area contributed by atoms with Crippen molar-refractivity contribution in [3.05, 3.63) is 52.3 Å². The van der Waals surface area contributed by atoms with Crippen molar-refractivity contribution in [2.45, 2.75) is 6.18 Å². The zero-order valence-electron chi connectivity index (χ0n) is 10.7. The fourth-order valence-corrected chi connectivity index (χ4v) is 2.23. The lowest BCUT2D eigenvalue weighted by Gasteiger charge is -1.99. The van der Waals surface area contributed by atoms with E-state index >= 15 is 0 Å². The van der Waals surface area contributed by atoms with Crippen molar-refractivity contribution in [3.63, 3.8) is 0 Å². The minimum atomic E-state index is -4.69. The van der Waals surface area contributed by atoms with E-state index in [0.29, 0.717) is 16.8 Å². The van der Waals surface area contributed by atoms with Crippen molar-refractivity contribution in [3.8, 4) is 11.4 Å². The molecular weight excluding hydrogens is 319 g/mol. The summed E-state index contributed by atoms with van der Waals surface area (Å²) >= 11 is 1.30.